The molecule has 148 valence electrons. The highest BCUT2D eigenvalue weighted by atomic mass is 16.5. The quantitative estimate of drug-likeness (QED) is 0.522. The first-order chi connectivity index (χ1) is 14.3. The Morgan fingerprint density at radius 2 is 1.72 bits per heavy atom. The molecule has 4 aromatic rings. The van der Waals surface area contributed by atoms with Crippen LogP contribution in [0.25, 0.3) is 21.9 Å². The van der Waals surface area contributed by atoms with Crippen LogP contribution in [-0.2, 0) is 0 Å². The molecule has 2 aromatic heterocycles. The van der Waals surface area contributed by atoms with Crippen LogP contribution >= 0.6 is 0 Å². The molecule has 29 heavy (non-hydrogen) atoms. The van der Waals surface area contributed by atoms with E-state index >= 15 is 0 Å². The lowest BCUT2D eigenvalue weighted by atomic mass is 10.1. The van der Waals surface area contributed by atoms with Gasteiger partial charge >= 0.3 is 0 Å². The van der Waals surface area contributed by atoms with Crippen molar-refractivity contribution >= 4 is 27.9 Å². The summed E-state index contributed by atoms with van der Waals surface area (Å²) in [5, 5.41) is 4.69. The molecule has 1 fully saturated rings. The Hall–Kier alpha value is -3.12. The van der Waals surface area contributed by atoms with E-state index in [1.165, 1.54) is 0 Å². The number of benzene rings is 2. The molecule has 0 unspecified atom stereocenters. The Morgan fingerprint density at radius 3 is 2.59 bits per heavy atom. The standard InChI is InChI=1S/C23H25N5O/c1-2-6-19-17(5-1)9-10-22(25-19)29-16-15-28-13-11-18(12-14-28)24-23-26-20-7-3-4-8-21(20)27-23/h1-10,18H,11-16H2,(H2,24,26,27). The van der Waals surface area contributed by atoms with Gasteiger partial charge in [0.25, 0.3) is 0 Å². The number of anilines is 1. The molecule has 1 aliphatic heterocycles. The molecular weight excluding hydrogens is 362 g/mol. The number of aromatic nitrogens is 3. The van der Waals surface area contributed by atoms with E-state index in [0.717, 1.165) is 60.4 Å². The maximum atomic E-state index is 5.89. The van der Waals surface area contributed by atoms with E-state index in [9.17, 15) is 0 Å². The molecule has 6 nitrogen and oxygen atoms in total. The fourth-order valence-corrected chi connectivity index (χ4v) is 3.92. The van der Waals surface area contributed by atoms with Crippen LogP contribution in [0.4, 0.5) is 5.95 Å². The zero-order chi connectivity index (χ0) is 19.5. The number of rotatable bonds is 6. The van der Waals surface area contributed by atoms with Gasteiger partial charge in [0.2, 0.25) is 11.8 Å². The van der Waals surface area contributed by atoms with Crippen LogP contribution in [0.1, 0.15) is 12.8 Å². The Morgan fingerprint density at radius 1 is 0.931 bits per heavy atom. The molecule has 1 saturated heterocycles. The summed E-state index contributed by atoms with van der Waals surface area (Å²) >= 11 is 0. The highest BCUT2D eigenvalue weighted by molar-refractivity contribution is 5.79. The van der Waals surface area contributed by atoms with Crippen LogP contribution in [0.2, 0.25) is 0 Å². The van der Waals surface area contributed by atoms with Gasteiger partial charge in [-0.05, 0) is 37.1 Å². The summed E-state index contributed by atoms with van der Waals surface area (Å²) in [5.74, 6) is 1.57. The molecule has 1 aliphatic rings. The first-order valence-corrected chi connectivity index (χ1v) is 10.3. The first-order valence-electron chi connectivity index (χ1n) is 10.3. The Kier molecular flexibility index (Phi) is 5.01. The van der Waals surface area contributed by atoms with Crippen molar-refractivity contribution in [1.29, 1.82) is 0 Å². The van der Waals surface area contributed by atoms with E-state index < -0.39 is 0 Å². The average Bonchev–Trinajstić information content (AvgIpc) is 3.17. The molecule has 2 aromatic carbocycles. The van der Waals surface area contributed by atoms with Crippen LogP contribution in [0.5, 0.6) is 5.88 Å². The second-order valence-corrected chi connectivity index (χ2v) is 7.55. The van der Waals surface area contributed by atoms with Gasteiger partial charge < -0.3 is 15.0 Å². The Balaban J connectivity index is 1.08. The molecule has 0 amide bonds. The van der Waals surface area contributed by atoms with Crippen molar-refractivity contribution in [2.45, 2.75) is 18.9 Å². The zero-order valence-electron chi connectivity index (χ0n) is 16.3. The van der Waals surface area contributed by atoms with Crippen LogP contribution in [-0.4, -0.2) is 52.1 Å². The average molecular weight is 387 g/mol. The van der Waals surface area contributed by atoms with E-state index in [-0.39, 0.29) is 0 Å². The smallest absolute Gasteiger partial charge is 0.213 e. The monoisotopic (exact) mass is 387 g/mol. The summed E-state index contributed by atoms with van der Waals surface area (Å²) < 4.78 is 5.89. The number of para-hydroxylation sites is 3. The maximum Gasteiger partial charge on any atom is 0.213 e. The SMILES string of the molecule is c1ccc2nc(OCCN3CCC(Nc4nc5ccccc5[nH]4)CC3)ccc2c1. The van der Waals surface area contributed by atoms with Gasteiger partial charge in [-0.3, -0.25) is 4.90 Å². The molecule has 2 N–H and O–H groups in total. The molecule has 6 heteroatoms. The molecule has 0 bridgehead atoms. The number of aromatic amines is 1. The number of likely N-dealkylation sites (tertiary alicyclic amines) is 1. The van der Waals surface area contributed by atoms with Gasteiger partial charge in [-0.2, -0.15) is 0 Å². The topological polar surface area (TPSA) is 66.1 Å². The zero-order valence-corrected chi connectivity index (χ0v) is 16.3. The minimum atomic E-state index is 0.454. The lowest BCUT2D eigenvalue weighted by Crippen LogP contribution is -2.41. The molecule has 0 saturated carbocycles. The number of ether oxygens (including phenoxy) is 1. The molecule has 5 rings (SSSR count). The summed E-state index contributed by atoms with van der Waals surface area (Å²) in [6.45, 7) is 3.71. The summed E-state index contributed by atoms with van der Waals surface area (Å²) in [7, 11) is 0. The minimum absolute atomic E-state index is 0.454. The number of imidazole rings is 1. The van der Waals surface area contributed by atoms with Crippen molar-refractivity contribution in [3.63, 3.8) is 0 Å². The number of nitrogens with one attached hydrogen (secondary N) is 2. The maximum absolute atomic E-state index is 5.89. The van der Waals surface area contributed by atoms with Crippen molar-refractivity contribution in [3.05, 3.63) is 60.7 Å². The van der Waals surface area contributed by atoms with Gasteiger partial charge in [0.05, 0.1) is 16.6 Å². The number of fused-ring (bicyclic) bond motifs is 2. The molecule has 0 radical (unpaired) electrons. The first kappa shape index (κ1) is 17.9. The molecule has 0 aliphatic carbocycles. The Labute approximate surface area is 169 Å². The van der Waals surface area contributed by atoms with E-state index in [0.29, 0.717) is 18.5 Å². The van der Waals surface area contributed by atoms with E-state index in [1.54, 1.807) is 0 Å². The third kappa shape index (κ3) is 4.17. The van der Waals surface area contributed by atoms with Crippen molar-refractivity contribution in [3.8, 4) is 5.88 Å². The second-order valence-electron chi connectivity index (χ2n) is 7.55. The lowest BCUT2D eigenvalue weighted by Gasteiger charge is -2.32. The third-order valence-electron chi connectivity index (χ3n) is 5.55. The number of nitrogens with zero attached hydrogens (tertiary/aromatic N) is 3. The second kappa shape index (κ2) is 8.09. The van der Waals surface area contributed by atoms with Gasteiger partial charge in [0.15, 0.2) is 0 Å². The highest BCUT2D eigenvalue weighted by Crippen LogP contribution is 2.19. The number of H-pyrrole nitrogens is 1. The number of pyridine rings is 1. The van der Waals surface area contributed by atoms with Crippen molar-refractivity contribution < 1.29 is 4.74 Å². The van der Waals surface area contributed by atoms with Crippen molar-refractivity contribution in [2.24, 2.45) is 0 Å². The van der Waals surface area contributed by atoms with Crippen LogP contribution in [0.15, 0.2) is 60.7 Å². The van der Waals surface area contributed by atoms with Crippen molar-refractivity contribution in [2.75, 3.05) is 31.6 Å². The van der Waals surface area contributed by atoms with Gasteiger partial charge in [0.1, 0.15) is 6.61 Å². The van der Waals surface area contributed by atoms with Crippen LogP contribution < -0.4 is 10.1 Å². The normalized spacial score (nSPS) is 15.7. The van der Waals surface area contributed by atoms with Crippen LogP contribution in [0, 0.1) is 0 Å². The largest absolute Gasteiger partial charge is 0.476 e. The predicted molar refractivity (Wildman–Crippen MR) is 116 cm³/mol. The fourth-order valence-electron chi connectivity index (χ4n) is 3.92. The van der Waals surface area contributed by atoms with Crippen molar-refractivity contribution in [1.82, 2.24) is 19.9 Å². The third-order valence-corrected chi connectivity index (χ3v) is 5.55. The van der Waals surface area contributed by atoms with Gasteiger partial charge in [0, 0.05) is 37.1 Å². The summed E-state index contributed by atoms with van der Waals surface area (Å²) in [5.41, 5.74) is 3.06. The lowest BCUT2D eigenvalue weighted by molar-refractivity contribution is 0.175. The fraction of sp³-hybridized carbons (Fsp3) is 0.304. The molecule has 3 heterocycles. The van der Waals surface area contributed by atoms with E-state index in [1.807, 2.05) is 42.5 Å². The minimum Gasteiger partial charge on any atom is -0.476 e. The van der Waals surface area contributed by atoms with Gasteiger partial charge in [-0.15, -0.1) is 0 Å². The Bertz CT molecular complexity index is 1070. The van der Waals surface area contributed by atoms with Gasteiger partial charge in [-0.1, -0.05) is 30.3 Å². The molecule has 0 spiro atoms. The number of hydrogen-bond acceptors (Lipinski definition) is 5. The summed E-state index contributed by atoms with van der Waals surface area (Å²) in [4.78, 5) is 15.0. The summed E-state index contributed by atoms with van der Waals surface area (Å²) in [6.07, 6.45) is 2.20. The predicted octanol–water partition coefficient (Wildman–Crippen LogP) is 4.07. The summed E-state index contributed by atoms with van der Waals surface area (Å²) in [6, 6.07) is 20.7. The van der Waals surface area contributed by atoms with Crippen LogP contribution in [0.3, 0.4) is 0 Å². The highest BCUT2D eigenvalue weighted by Gasteiger charge is 2.19. The molecular formula is C23H25N5O. The van der Waals surface area contributed by atoms with E-state index in [4.69, 9.17) is 4.74 Å². The molecule has 0 atom stereocenters. The van der Waals surface area contributed by atoms with E-state index in [2.05, 4.69) is 43.4 Å². The number of hydrogen-bond donors (Lipinski definition) is 2. The number of piperidine rings is 1. The van der Waals surface area contributed by atoms with Gasteiger partial charge in [-0.25, -0.2) is 9.97 Å².